The molecule has 5 atom stereocenters. The average molecular weight is 263 g/mol. The lowest BCUT2D eigenvalue weighted by molar-refractivity contribution is -0.00325. The fourth-order valence-electron chi connectivity index (χ4n) is 1.74. The molecule has 0 aromatic carbocycles. The third-order valence-electron chi connectivity index (χ3n) is 2.80. The number of aliphatic hydroxyl groups excluding tert-OH is 1. The van der Waals surface area contributed by atoms with Gasteiger partial charge in [-0.2, -0.15) is 0 Å². The number of nitrogens with one attached hydrogen (secondary N) is 1. The van der Waals surface area contributed by atoms with Crippen LogP contribution in [0.2, 0.25) is 0 Å². The molecule has 2 N–H and O–H groups in total. The molecule has 6 nitrogen and oxygen atoms in total. The Morgan fingerprint density at radius 1 is 1.41 bits per heavy atom. The second-order valence-electron chi connectivity index (χ2n) is 3.76. The highest BCUT2D eigenvalue weighted by Gasteiger charge is 2.45. The molecule has 0 spiro atoms. The molecule has 0 bridgehead atoms. The summed E-state index contributed by atoms with van der Waals surface area (Å²) < 4.78 is 21.2. The number of aliphatic hydroxyl groups is 1. The van der Waals surface area contributed by atoms with Crippen molar-refractivity contribution < 1.29 is 23.6 Å². The van der Waals surface area contributed by atoms with Crippen molar-refractivity contribution in [3.63, 3.8) is 0 Å². The molecule has 0 aromatic rings. The number of ether oxygens (including phenoxy) is 2. The zero-order valence-electron chi connectivity index (χ0n) is 10.3. The molecule has 0 aliphatic carbocycles. The normalized spacial score (nSPS) is 36.9. The lowest BCUT2D eigenvalue weighted by Crippen LogP contribution is -2.37. The lowest BCUT2D eigenvalue weighted by atomic mass is 9.93. The molecule has 1 aliphatic heterocycles. The van der Waals surface area contributed by atoms with Crippen LogP contribution in [-0.2, 0) is 18.5 Å². The van der Waals surface area contributed by atoms with Crippen LogP contribution < -0.4 is 0 Å². The largest absolute Gasteiger partial charge is 0.394 e. The van der Waals surface area contributed by atoms with E-state index in [4.69, 9.17) is 31.5 Å². The molecule has 1 fully saturated rings. The summed E-state index contributed by atoms with van der Waals surface area (Å²) in [4.78, 5) is 0. The highest BCUT2D eigenvalue weighted by atomic mass is 31.2. The molecule has 1 heterocycles. The molecule has 5 unspecified atom stereocenters. The zero-order valence-corrected chi connectivity index (χ0v) is 11.2. The fraction of sp³-hybridized carbons (Fsp3) is 1.00. The maximum absolute atomic E-state index is 9.20. The van der Waals surface area contributed by atoms with Gasteiger partial charge in [-0.05, 0) is 0 Å². The Kier molecular flexibility index (Phi) is 5.63. The first-order valence-corrected chi connectivity index (χ1v) is 7.24. The predicted octanol–water partition coefficient (Wildman–Crippen LogP) is 0.549. The summed E-state index contributed by atoms with van der Waals surface area (Å²) in [6.07, 6.45) is -1.21. The van der Waals surface area contributed by atoms with E-state index < -0.39 is 31.8 Å². The van der Waals surface area contributed by atoms with E-state index in [2.05, 4.69) is 0 Å². The van der Waals surface area contributed by atoms with Crippen LogP contribution in [0, 0.1) is 5.16 Å². The third-order valence-corrected chi connectivity index (χ3v) is 4.81. The summed E-state index contributed by atoms with van der Waals surface area (Å²) in [6.45, 7) is 1.58. The van der Waals surface area contributed by atoms with E-state index in [9.17, 15) is 5.11 Å². The molecule has 2 radical (unpaired) electrons. The molecule has 0 saturated carbocycles. The highest BCUT2D eigenvalue weighted by molar-refractivity contribution is 7.55. The van der Waals surface area contributed by atoms with Gasteiger partial charge in [-0.25, -0.2) is 0 Å². The lowest BCUT2D eigenvalue weighted by Gasteiger charge is -2.28. The quantitative estimate of drug-likeness (QED) is 0.540. The molecule has 1 aliphatic rings. The van der Waals surface area contributed by atoms with Crippen LogP contribution in [0.1, 0.15) is 6.92 Å². The zero-order chi connectivity index (χ0) is 13.1. The van der Waals surface area contributed by atoms with E-state index in [0.29, 0.717) is 6.16 Å². The minimum absolute atomic E-state index is 0.231. The fourth-order valence-corrected chi connectivity index (χ4v) is 2.88. The number of hydrogen-bond donors (Lipinski definition) is 2. The van der Waals surface area contributed by atoms with Crippen molar-refractivity contribution >= 4 is 15.4 Å². The van der Waals surface area contributed by atoms with Crippen LogP contribution in [0.15, 0.2) is 0 Å². The standard InChI is InChI=1S/C9H19BNO5P/c1-4-17(11,14-3)16-7-6(5-12)15-9(10)8(7)13-2/h6-9,11-12H,4-5H2,1-3H3. The summed E-state index contributed by atoms with van der Waals surface area (Å²) in [5.74, 6) is 0. The van der Waals surface area contributed by atoms with Gasteiger partial charge in [0, 0.05) is 26.4 Å². The average Bonchev–Trinajstić information content (AvgIpc) is 2.64. The van der Waals surface area contributed by atoms with Gasteiger partial charge in [0.15, 0.2) is 0 Å². The van der Waals surface area contributed by atoms with E-state index in [0.717, 1.165) is 0 Å². The van der Waals surface area contributed by atoms with Crippen molar-refractivity contribution in [1.82, 2.24) is 0 Å². The SMILES string of the molecule is [B]C1OC(CO)C(OP(=N)(CC)OC)C1OC. The van der Waals surface area contributed by atoms with Crippen LogP contribution in [0.3, 0.4) is 0 Å². The van der Waals surface area contributed by atoms with Crippen LogP contribution in [-0.4, -0.2) is 64.3 Å². The van der Waals surface area contributed by atoms with E-state index in [1.165, 1.54) is 14.2 Å². The van der Waals surface area contributed by atoms with Crippen LogP contribution in [0.25, 0.3) is 0 Å². The Morgan fingerprint density at radius 3 is 2.47 bits per heavy atom. The highest BCUT2D eigenvalue weighted by Crippen LogP contribution is 2.50. The topological polar surface area (TPSA) is 81.0 Å². The summed E-state index contributed by atoms with van der Waals surface area (Å²) >= 11 is 0. The first-order chi connectivity index (χ1) is 8.01. The molecule has 17 heavy (non-hydrogen) atoms. The van der Waals surface area contributed by atoms with E-state index in [1.807, 2.05) is 6.92 Å². The smallest absolute Gasteiger partial charge is 0.209 e. The minimum atomic E-state index is -2.68. The van der Waals surface area contributed by atoms with Crippen molar-refractivity contribution in [2.45, 2.75) is 31.2 Å². The van der Waals surface area contributed by atoms with Gasteiger partial charge >= 0.3 is 0 Å². The van der Waals surface area contributed by atoms with Gasteiger partial charge in [-0.3, -0.25) is 5.16 Å². The van der Waals surface area contributed by atoms with Crippen molar-refractivity contribution in [3.05, 3.63) is 0 Å². The van der Waals surface area contributed by atoms with E-state index in [-0.39, 0.29) is 6.61 Å². The number of rotatable bonds is 6. The second kappa shape index (κ2) is 6.32. The molecular formula is C9H19BNO5P. The molecule has 1 rings (SSSR count). The van der Waals surface area contributed by atoms with Gasteiger partial charge in [0.2, 0.25) is 7.51 Å². The Balaban J connectivity index is 2.81. The Hall–Kier alpha value is 0.0949. The van der Waals surface area contributed by atoms with Crippen molar-refractivity contribution in [2.24, 2.45) is 0 Å². The van der Waals surface area contributed by atoms with Crippen LogP contribution in [0.5, 0.6) is 0 Å². The van der Waals surface area contributed by atoms with E-state index in [1.54, 1.807) is 0 Å². The maximum Gasteiger partial charge on any atom is 0.209 e. The maximum atomic E-state index is 9.20. The number of methoxy groups -OCH3 is 1. The molecule has 0 amide bonds. The first kappa shape index (κ1) is 15.2. The molecule has 8 heteroatoms. The minimum Gasteiger partial charge on any atom is -0.394 e. The van der Waals surface area contributed by atoms with Gasteiger partial charge in [0.05, 0.1) is 6.61 Å². The molecular weight excluding hydrogens is 244 g/mol. The Labute approximate surface area is 103 Å². The van der Waals surface area contributed by atoms with Crippen molar-refractivity contribution in [2.75, 3.05) is 27.0 Å². The summed E-state index contributed by atoms with van der Waals surface area (Å²) in [5, 5.41) is 17.2. The van der Waals surface area contributed by atoms with Crippen LogP contribution >= 0.6 is 7.51 Å². The number of hydrogen-bond acceptors (Lipinski definition) is 6. The van der Waals surface area contributed by atoms with Crippen LogP contribution in [0.4, 0.5) is 0 Å². The summed E-state index contributed by atoms with van der Waals surface area (Å²) in [6, 6.07) is -0.663. The molecule has 98 valence electrons. The Bertz CT molecular complexity index is 285. The van der Waals surface area contributed by atoms with Gasteiger partial charge in [0.25, 0.3) is 0 Å². The van der Waals surface area contributed by atoms with Gasteiger partial charge in [-0.1, -0.05) is 6.92 Å². The summed E-state index contributed by atoms with van der Waals surface area (Å²) in [7, 11) is 5.97. The van der Waals surface area contributed by atoms with Gasteiger partial charge in [-0.15, -0.1) is 0 Å². The Morgan fingerprint density at radius 2 is 2.06 bits per heavy atom. The van der Waals surface area contributed by atoms with Crippen molar-refractivity contribution in [1.29, 1.82) is 5.16 Å². The van der Waals surface area contributed by atoms with E-state index >= 15 is 0 Å². The second-order valence-corrected chi connectivity index (χ2v) is 6.32. The van der Waals surface area contributed by atoms with Gasteiger partial charge in [0.1, 0.15) is 26.2 Å². The first-order valence-electron chi connectivity index (χ1n) is 5.43. The molecule has 1 saturated heterocycles. The monoisotopic (exact) mass is 263 g/mol. The van der Waals surface area contributed by atoms with Crippen molar-refractivity contribution in [3.8, 4) is 0 Å². The third kappa shape index (κ3) is 3.31. The van der Waals surface area contributed by atoms with Gasteiger partial charge < -0.3 is 23.6 Å². The predicted molar refractivity (Wildman–Crippen MR) is 64.4 cm³/mol. The molecule has 0 aromatic heterocycles. The summed E-state index contributed by atoms with van der Waals surface area (Å²) in [5.41, 5.74) is 0.